The van der Waals surface area contributed by atoms with E-state index >= 15 is 0 Å². The van der Waals surface area contributed by atoms with E-state index in [4.69, 9.17) is 4.74 Å². The Hall–Kier alpha value is -3.78. The summed E-state index contributed by atoms with van der Waals surface area (Å²) in [5, 5.41) is 8.34. The van der Waals surface area contributed by atoms with Gasteiger partial charge in [0.1, 0.15) is 10.6 Å². The van der Waals surface area contributed by atoms with Gasteiger partial charge in [0.25, 0.3) is 0 Å². The zero-order valence-corrected chi connectivity index (χ0v) is 18.1. The number of thiophene rings is 1. The van der Waals surface area contributed by atoms with Gasteiger partial charge in [-0.25, -0.2) is 10.2 Å². The molecule has 0 aliphatic rings. The molecular formula is C23H21N3O4S. The molecule has 2 N–H and O–H groups in total. The number of carbonyl (C=O) groups is 3. The Labute approximate surface area is 183 Å². The molecule has 0 unspecified atom stereocenters. The summed E-state index contributed by atoms with van der Waals surface area (Å²) in [5.74, 6) is -1.92. The number of hydrazone groups is 1. The molecule has 31 heavy (non-hydrogen) atoms. The third-order valence-corrected chi connectivity index (χ3v) is 5.21. The van der Waals surface area contributed by atoms with E-state index < -0.39 is 17.8 Å². The Bertz CT molecular complexity index is 1150. The van der Waals surface area contributed by atoms with Crippen molar-refractivity contribution < 1.29 is 19.1 Å². The highest BCUT2D eigenvalue weighted by atomic mass is 32.1. The normalized spacial score (nSPS) is 11.0. The summed E-state index contributed by atoms with van der Waals surface area (Å²) in [4.78, 5) is 37.1. The van der Waals surface area contributed by atoms with E-state index in [0.717, 1.165) is 11.1 Å². The van der Waals surface area contributed by atoms with E-state index in [1.165, 1.54) is 11.3 Å². The first-order valence-electron chi connectivity index (χ1n) is 9.43. The highest BCUT2D eigenvalue weighted by Crippen LogP contribution is 2.21. The van der Waals surface area contributed by atoms with E-state index in [0.29, 0.717) is 27.6 Å². The largest absolute Gasteiger partial charge is 0.422 e. The van der Waals surface area contributed by atoms with Crippen LogP contribution in [0.3, 0.4) is 0 Å². The molecule has 8 heteroatoms. The molecule has 0 fully saturated rings. The van der Waals surface area contributed by atoms with Crippen molar-refractivity contribution >= 4 is 40.5 Å². The average molecular weight is 436 g/mol. The molecule has 0 aliphatic carbocycles. The van der Waals surface area contributed by atoms with Gasteiger partial charge in [-0.1, -0.05) is 35.9 Å². The molecule has 3 rings (SSSR count). The molecule has 1 aromatic heterocycles. The summed E-state index contributed by atoms with van der Waals surface area (Å²) in [6.07, 6.45) is 0. The minimum atomic E-state index is -0.910. The van der Waals surface area contributed by atoms with Crippen molar-refractivity contribution in [3.8, 4) is 5.75 Å². The van der Waals surface area contributed by atoms with E-state index in [2.05, 4.69) is 15.8 Å². The van der Waals surface area contributed by atoms with Gasteiger partial charge in [0.05, 0.1) is 5.71 Å². The van der Waals surface area contributed by atoms with Crippen molar-refractivity contribution in [3.63, 3.8) is 0 Å². The fraction of sp³-hybridized carbons (Fsp3) is 0.130. The number of aryl methyl sites for hydroxylation is 2. The number of hydrogen-bond donors (Lipinski definition) is 2. The minimum Gasteiger partial charge on any atom is -0.422 e. The number of esters is 1. The number of benzene rings is 2. The van der Waals surface area contributed by atoms with Crippen LogP contribution in [0.15, 0.2) is 65.1 Å². The Balaban J connectivity index is 1.68. The molecule has 0 radical (unpaired) electrons. The molecule has 7 nitrogen and oxygen atoms in total. The van der Waals surface area contributed by atoms with Crippen molar-refractivity contribution in [1.29, 1.82) is 0 Å². The fourth-order valence-electron chi connectivity index (χ4n) is 2.78. The van der Waals surface area contributed by atoms with Crippen LogP contribution in [-0.2, 0) is 9.59 Å². The van der Waals surface area contributed by atoms with Crippen molar-refractivity contribution in [2.45, 2.75) is 20.8 Å². The van der Waals surface area contributed by atoms with E-state index in [1.807, 2.05) is 26.0 Å². The SMILES string of the molecule is C/C(=N\NC(=O)C(=O)Nc1ccc(C)cc1C)c1ccccc1OC(=O)c1cccs1. The van der Waals surface area contributed by atoms with Crippen LogP contribution < -0.4 is 15.5 Å². The molecule has 0 saturated carbocycles. The predicted molar refractivity (Wildman–Crippen MR) is 121 cm³/mol. The van der Waals surface area contributed by atoms with E-state index in [1.54, 1.807) is 54.8 Å². The van der Waals surface area contributed by atoms with Gasteiger partial charge in [-0.15, -0.1) is 11.3 Å². The van der Waals surface area contributed by atoms with Crippen molar-refractivity contribution in [2.24, 2.45) is 5.10 Å². The molecule has 158 valence electrons. The van der Waals surface area contributed by atoms with E-state index in [9.17, 15) is 14.4 Å². The number of carbonyl (C=O) groups excluding carboxylic acids is 3. The van der Waals surface area contributed by atoms with Crippen LogP contribution >= 0.6 is 11.3 Å². The second kappa shape index (κ2) is 9.82. The van der Waals surface area contributed by atoms with Gasteiger partial charge in [-0.05, 0) is 56.0 Å². The van der Waals surface area contributed by atoms with Crippen LogP contribution in [-0.4, -0.2) is 23.5 Å². The standard InChI is InChI=1S/C23H21N3O4S/c1-14-10-11-18(15(2)13-14)24-21(27)22(28)26-25-16(3)17-7-4-5-8-19(17)30-23(29)20-9-6-12-31-20/h4-13H,1-3H3,(H,24,27)(H,26,28)/b25-16+. The number of para-hydroxylation sites is 1. The smallest absolute Gasteiger partial charge is 0.353 e. The van der Waals surface area contributed by atoms with Crippen LogP contribution in [0.25, 0.3) is 0 Å². The summed E-state index contributed by atoms with van der Waals surface area (Å²) >= 11 is 1.28. The average Bonchev–Trinajstić information content (AvgIpc) is 3.29. The molecule has 1 heterocycles. The Kier molecular flexibility index (Phi) is 6.94. The second-order valence-electron chi connectivity index (χ2n) is 6.77. The van der Waals surface area contributed by atoms with Crippen molar-refractivity contribution in [1.82, 2.24) is 5.43 Å². The van der Waals surface area contributed by atoms with Gasteiger partial charge in [0.2, 0.25) is 0 Å². The van der Waals surface area contributed by atoms with Crippen LogP contribution in [0.5, 0.6) is 5.75 Å². The first kappa shape index (κ1) is 21.9. The lowest BCUT2D eigenvalue weighted by Crippen LogP contribution is -2.33. The molecule has 0 aliphatic heterocycles. The number of amides is 2. The molecule has 0 spiro atoms. The summed E-state index contributed by atoms with van der Waals surface area (Å²) < 4.78 is 5.47. The third kappa shape index (κ3) is 5.64. The number of rotatable bonds is 5. The van der Waals surface area contributed by atoms with Crippen LogP contribution in [0, 0.1) is 13.8 Å². The molecule has 2 aromatic carbocycles. The number of nitrogens with zero attached hydrogens (tertiary/aromatic N) is 1. The number of anilines is 1. The zero-order valence-electron chi connectivity index (χ0n) is 17.3. The Morgan fingerprint density at radius 2 is 1.74 bits per heavy atom. The third-order valence-electron chi connectivity index (χ3n) is 4.36. The summed E-state index contributed by atoms with van der Waals surface area (Å²) in [5.41, 5.74) is 5.59. The fourth-order valence-corrected chi connectivity index (χ4v) is 3.38. The Morgan fingerprint density at radius 1 is 0.968 bits per heavy atom. The molecular weight excluding hydrogens is 414 g/mol. The van der Waals surface area contributed by atoms with Gasteiger partial charge in [-0.2, -0.15) is 5.10 Å². The first-order chi connectivity index (χ1) is 14.8. The molecule has 0 saturated heterocycles. The lowest BCUT2D eigenvalue weighted by atomic mass is 10.1. The number of ether oxygens (including phenoxy) is 1. The summed E-state index contributed by atoms with van der Waals surface area (Å²) in [6.45, 7) is 5.43. The van der Waals surface area contributed by atoms with Gasteiger partial charge in [-0.3, -0.25) is 9.59 Å². The molecule has 0 bridgehead atoms. The molecule has 2 amide bonds. The molecule has 0 atom stereocenters. The molecule has 3 aromatic rings. The van der Waals surface area contributed by atoms with Crippen molar-refractivity contribution in [3.05, 3.63) is 81.5 Å². The topological polar surface area (TPSA) is 96.9 Å². The van der Waals surface area contributed by atoms with Crippen LogP contribution in [0.4, 0.5) is 5.69 Å². The predicted octanol–water partition coefficient (Wildman–Crippen LogP) is 4.06. The summed E-state index contributed by atoms with van der Waals surface area (Å²) in [6, 6.07) is 15.7. The van der Waals surface area contributed by atoms with Gasteiger partial charge < -0.3 is 10.1 Å². The van der Waals surface area contributed by atoms with Crippen LogP contribution in [0.1, 0.15) is 33.3 Å². The van der Waals surface area contributed by atoms with Crippen LogP contribution in [0.2, 0.25) is 0 Å². The quantitative estimate of drug-likeness (QED) is 0.208. The first-order valence-corrected chi connectivity index (χ1v) is 10.3. The highest BCUT2D eigenvalue weighted by molar-refractivity contribution is 7.12. The number of nitrogens with one attached hydrogen (secondary N) is 2. The lowest BCUT2D eigenvalue weighted by molar-refractivity contribution is -0.136. The Morgan fingerprint density at radius 3 is 2.45 bits per heavy atom. The van der Waals surface area contributed by atoms with Gasteiger partial charge in [0, 0.05) is 11.3 Å². The minimum absolute atomic E-state index is 0.302. The maximum absolute atomic E-state index is 12.3. The van der Waals surface area contributed by atoms with E-state index in [-0.39, 0.29) is 0 Å². The second-order valence-corrected chi connectivity index (χ2v) is 7.72. The monoisotopic (exact) mass is 435 g/mol. The number of hydrogen-bond acceptors (Lipinski definition) is 6. The zero-order chi connectivity index (χ0) is 22.4. The summed E-state index contributed by atoms with van der Waals surface area (Å²) in [7, 11) is 0. The van der Waals surface area contributed by atoms with Gasteiger partial charge >= 0.3 is 17.8 Å². The maximum atomic E-state index is 12.3. The maximum Gasteiger partial charge on any atom is 0.353 e. The highest BCUT2D eigenvalue weighted by Gasteiger charge is 2.16. The van der Waals surface area contributed by atoms with Gasteiger partial charge in [0.15, 0.2) is 0 Å². The lowest BCUT2D eigenvalue weighted by Gasteiger charge is -2.10. The van der Waals surface area contributed by atoms with Crippen molar-refractivity contribution in [2.75, 3.05) is 5.32 Å².